The monoisotopic (exact) mass is 177 g/mol. The summed E-state index contributed by atoms with van der Waals surface area (Å²) in [6, 6.07) is 0. The molecule has 0 aromatic rings. The highest BCUT2D eigenvalue weighted by Gasteiger charge is 2.04. The van der Waals surface area contributed by atoms with E-state index in [9.17, 15) is 4.79 Å². The molecule has 0 saturated heterocycles. The molecule has 0 N–H and O–H groups in total. The lowest BCUT2D eigenvalue weighted by Crippen LogP contribution is -2.25. The molecule has 0 unspecified atom stereocenters. The number of nitrogens with zero attached hydrogens (tertiary/aromatic N) is 1. The number of hydrogen-bond donors (Lipinski definition) is 0. The van der Waals surface area contributed by atoms with E-state index < -0.39 is 0 Å². The van der Waals surface area contributed by atoms with Crippen LogP contribution in [0.1, 0.15) is 26.2 Å². The zero-order chi connectivity index (χ0) is 8.69. The molecule has 0 heterocycles. The van der Waals surface area contributed by atoms with Crippen LogP contribution in [0, 0.1) is 0 Å². The van der Waals surface area contributed by atoms with Gasteiger partial charge in [0, 0.05) is 25.9 Å². The highest BCUT2D eigenvalue weighted by atomic mass is 35.5. The number of unbranched alkanes of at least 4 members (excludes halogenated alkanes) is 1. The van der Waals surface area contributed by atoms with E-state index in [-0.39, 0.29) is 5.91 Å². The van der Waals surface area contributed by atoms with Gasteiger partial charge in [0.25, 0.3) is 0 Å². The third-order valence-electron chi connectivity index (χ3n) is 1.67. The third-order valence-corrected chi connectivity index (χ3v) is 1.94. The lowest BCUT2D eigenvalue weighted by molar-refractivity contribution is -0.129. The highest BCUT2D eigenvalue weighted by Crippen LogP contribution is 1.99. The van der Waals surface area contributed by atoms with Crippen molar-refractivity contribution in [2.75, 3.05) is 19.5 Å². The van der Waals surface area contributed by atoms with Gasteiger partial charge in [-0.25, -0.2) is 0 Å². The van der Waals surface area contributed by atoms with Crippen LogP contribution < -0.4 is 0 Å². The molecule has 3 heteroatoms. The van der Waals surface area contributed by atoms with Crippen molar-refractivity contribution in [3.8, 4) is 0 Å². The van der Waals surface area contributed by atoms with Gasteiger partial charge in [0.2, 0.25) is 5.91 Å². The lowest BCUT2D eigenvalue weighted by atomic mass is 10.2. The predicted molar refractivity (Wildman–Crippen MR) is 47.9 cm³/mol. The van der Waals surface area contributed by atoms with Crippen LogP contribution in [0.3, 0.4) is 0 Å². The summed E-state index contributed by atoms with van der Waals surface area (Å²) >= 11 is 5.47. The maximum atomic E-state index is 11.1. The van der Waals surface area contributed by atoms with Crippen molar-refractivity contribution in [2.24, 2.45) is 0 Å². The normalized spacial score (nSPS) is 9.73. The van der Waals surface area contributed by atoms with Gasteiger partial charge < -0.3 is 4.90 Å². The lowest BCUT2D eigenvalue weighted by Gasteiger charge is -2.13. The first kappa shape index (κ1) is 10.8. The van der Waals surface area contributed by atoms with Gasteiger partial charge in [-0.05, 0) is 19.8 Å². The Balaban J connectivity index is 3.36. The molecule has 66 valence electrons. The molecule has 11 heavy (non-hydrogen) atoms. The quantitative estimate of drug-likeness (QED) is 0.464. The Morgan fingerprint density at radius 3 is 2.55 bits per heavy atom. The maximum absolute atomic E-state index is 11.1. The molecule has 0 aliphatic rings. The van der Waals surface area contributed by atoms with E-state index in [0.29, 0.717) is 12.3 Å². The largest absolute Gasteiger partial charge is 0.346 e. The fourth-order valence-electron chi connectivity index (χ4n) is 0.738. The van der Waals surface area contributed by atoms with E-state index in [1.165, 1.54) is 0 Å². The van der Waals surface area contributed by atoms with Crippen LogP contribution in [-0.2, 0) is 4.79 Å². The van der Waals surface area contributed by atoms with Gasteiger partial charge in [-0.1, -0.05) is 0 Å². The average Bonchev–Trinajstić information content (AvgIpc) is 2.03. The molecule has 0 radical (unpaired) electrons. The molecule has 0 rings (SSSR count). The van der Waals surface area contributed by atoms with Crippen molar-refractivity contribution >= 4 is 17.5 Å². The molecule has 0 aromatic heterocycles. The standard InChI is InChI=1S/C8H16ClNO/c1-3-10(2)8(11)6-4-5-7-9/h3-7H2,1-2H3. The zero-order valence-electron chi connectivity index (χ0n) is 7.27. The first-order valence-electron chi connectivity index (χ1n) is 4.02. The SMILES string of the molecule is CCN(C)C(=O)CCCCCl. The molecule has 2 nitrogen and oxygen atoms in total. The van der Waals surface area contributed by atoms with Crippen molar-refractivity contribution in [3.63, 3.8) is 0 Å². The van der Waals surface area contributed by atoms with Gasteiger partial charge in [0.15, 0.2) is 0 Å². The topological polar surface area (TPSA) is 20.3 Å². The van der Waals surface area contributed by atoms with E-state index >= 15 is 0 Å². The molecule has 0 bridgehead atoms. The average molecular weight is 178 g/mol. The van der Waals surface area contributed by atoms with Crippen LogP contribution in [0.5, 0.6) is 0 Å². The Bertz CT molecular complexity index is 117. The van der Waals surface area contributed by atoms with Crippen molar-refractivity contribution in [1.82, 2.24) is 4.90 Å². The fraction of sp³-hybridized carbons (Fsp3) is 0.875. The maximum Gasteiger partial charge on any atom is 0.222 e. The second-order valence-corrected chi connectivity index (χ2v) is 2.93. The number of rotatable bonds is 5. The van der Waals surface area contributed by atoms with Gasteiger partial charge in [-0.15, -0.1) is 11.6 Å². The molecular formula is C8H16ClNO. The van der Waals surface area contributed by atoms with Gasteiger partial charge in [-0.2, -0.15) is 0 Å². The van der Waals surface area contributed by atoms with E-state index in [4.69, 9.17) is 11.6 Å². The van der Waals surface area contributed by atoms with Crippen LogP contribution in [0.4, 0.5) is 0 Å². The first-order valence-corrected chi connectivity index (χ1v) is 4.55. The van der Waals surface area contributed by atoms with E-state index in [1.807, 2.05) is 14.0 Å². The van der Waals surface area contributed by atoms with Gasteiger partial charge in [-0.3, -0.25) is 4.79 Å². The van der Waals surface area contributed by atoms with Gasteiger partial charge >= 0.3 is 0 Å². The second-order valence-electron chi connectivity index (χ2n) is 2.55. The van der Waals surface area contributed by atoms with Crippen molar-refractivity contribution < 1.29 is 4.79 Å². The first-order chi connectivity index (χ1) is 5.22. The second kappa shape index (κ2) is 6.47. The van der Waals surface area contributed by atoms with Crippen LogP contribution in [0.25, 0.3) is 0 Å². The summed E-state index contributed by atoms with van der Waals surface area (Å²) in [5, 5.41) is 0. The molecule has 0 fully saturated rings. The summed E-state index contributed by atoms with van der Waals surface area (Å²) < 4.78 is 0. The van der Waals surface area contributed by atoms with Crippen molar-refractivity contribution in [3.05, 3.63) is 0 Å². The predicted octanol–water partition coefficient (Wildman–Crippen LogP) is 1.87. The summed E-state index contributed by atoms with van der Waals surface area (Å²) in [5.41, 5.74) is 0. The number of carbonyl (C=O) groups is 1. The van der Waals surface area contributed by atoms with Crippen molar-refractivity contribution in [1.29, 1.82) is 0 Å². The van der Waals surface area contributed by atoms with Gasteiger partial charge in [0.1, 0.15) is 0 Å². The summed E-state index contributed by atoms with van der Waals surface area (Å²) in [4.78, 5) is 12.9. The van der Waals surface area contributed by atoms with E-state index in [0.717, 1.165) is 19.4 Å². The molecule has 0 aliphatic heterocycles. The molecule has 0 aromatic carbocycles. The minimum absolute atomic E-state index is 0.220. The Kier molecular flexibility index (Phi) is 6.33. The Labute approximate surface area is 73.5 Å². The number of carbonyl (C=O) groups excluding carboxylic acids is 1. The van der Waals surface area contributed by atoms with E-state index in [2.05, 4.69) is 0 Å². The number of halogens is 1. The summed E-state index contributed by atoms with van der Waals surface area (Å²) in [6.07, 6.45) is 2.48. The number of amides is 1. The Morgan fingerprint density at radius 1 is 1.45 bits per heavy atom. The number of hydrogen-bond acceptors (Lipinski definition) is 1. The van der Waals surface area contributed by atoms with Crippen LogP contribution in [-0.4, -0.2) is 30.3 Å². The number of alkyl halides is 1. The van der Waals surface area contributed by atoms with Crippen LogP contribution in [0.2, 0.25) is 0 Å². The van der Waals surface area contributed by atoms with Gasteiger partial charge in [0.05, 0.1) is 0 Å². The van der Waals surface area contributed by atoms with Crippen LogP contribution >= 0.6 is 11.6 Å². The minimum Gasteiger partial charge on any atom is -0.346 e. The minimum atomic E-state index is 0.220. The van der Waals surface area contributed by atoms with Crippen molar-refractivity contribution in [2.45, 2.75) is 26.2 Å². The molecular weight excluding hydrogens is 162 g/mol. The highest BCUT2D eigenvalue weighted by molar-refractivity contribution is 6.17. The Hall–Kier alpha value is -0.240. The van der Waals surface area contributed by atoms with Crippen LogP contribution in [0.15, 0.2) is 0 Å². The smallest absolute Gasteiger partial charge is 0.222 e. The molecule has 0 atom stereocenters. The summed E-state index contributed by atoms with van der Waals surface area (Å²) in [6.45, 7) is 2.76. The molecule has 1 amide bonds. The third kappa shape index (κ3) is 5.08. The Morgan fingerprint density at radius 2 is 2.09 bits per heavy atom. The molecule has 0 aliphatic carbocycles. The van der Waals surface area contributed by atoms with E-state index in [1.54, 1.807) is 4.90 Å². The fourth-order valence-corrected chi connectivity index (χ4v) is 0.927. The molecule has 0 spiro atoms. The summed E-state index contributed by atoms with van der Waals surface area (Å²) in [5.74, 6) is 0.876. The molecule has 0 saturated carbocycles. The zero-order valence-corrected chi connectivity index (χ0v) is 8.02. The summed E-state index contributed by atoms with van der Waals surface area (Å²) in [7, 11) is 1.82.